The van der Waals surface area contributed by atoms with Crippen molar-refractivity contribution in [2.75, 3.05) is 13.2 Å². The Labute approximate surface area is 129 Å². The van der Waals surface area contributed by atoms with Crippen molar-refractivity contribution in [3.8, 4) is 0 Å². The largest absolute Gasteiger partial charge is 0.316 e. The van der Waals surface area contributed by atoms with Gasteiger partial charge in [0.25, 0.3) is 0 Å². The minimum Gasteiger partial charge on any atom is -0.316 e. The van der Waals surface area contributed by atoms with E-state index < -0.39 is 8.07 Å². The van der Waals surface area contributed by atoms with Crippen molar-refractivity contribution in [1.82, 2.24) is 0 Å². The Hall–Kier alpha value is -1.38. The van der Waals surface area contributed by atoms with Gasteiger partial charge in [0.15, 0.2) is 0 Å². The van der Waals surface area contributed by atoms with Crippen molar-refractivity contribution in [2.45, 2.75) is 32.2 Å². The molecule has 110 valence electrons. The Morgan fingerprint density at radius 3 is 2.24 bits per heavy atom. The summed E-state index contributed by atoms with van der Waals surface area (Å²) in [5.41, 5.74) is 4.53. The Morgan fingerprint density at radius 1 is 0.952 bits per heavy atom. The Bertz CT molecular complexity index is 630. The summed E-state index contributed by atoms with van der Waals surface area (Å²) in [6.07, 6.45) is 1.32. The second-order valence-corrected chi connectivity index (χ2v) is 13.3. The van der Waals surface area contributed by atoms with Crippen molar-refractivity contribution >= 4 is 8.07 Å². The average molecular weight is 297 g/mol. The molecule has 3 rings (SSSR count). The third-order valence-corrected chi connectivity index (χ3v) is 6.13. The normalized spacial score (nSPS) is 24.9. The van der Waals surface area contributed by atoms with Crippen LogP contribution in [0.1, 0.15) is 22.7 Å². The molecule has 0 saturated heterocycles. The second kappa shape index (κ2) is 5.11. The molecule has 0 unspecified atom stereocenters. The van der Waals surface area contributed by atoms with Crippen LogP contribution in [-0.2, 0) is 6.54 Å². The van der Waals surface area contributed by atoms with Crippen molar-refractivity contribution < 1.29 is 4.48 Å². The maximum Gasteiger partial charge on any atom is 0.141 e. The van der Waals surface area contributed by atoms with Gasteiger partial charge in [-0.3, -0.25) is 0 Å². The summed E-state index contributed by atoms with van der Waals surface area (Å²) in [5, 5.41) is 0. The van der Waals surface area contributed by atoms with Crippen LogP contribution >= 0.6 is 0 Å². The molecule has 2 atom stereocenters. The molecule has 2 aromatic carbocycles. The van der Waals surface area contributed by atoms with Crippen LogP contribution in [0.15, 0.2) is 54.6 Å². The molecular formula is C19H26NSi+. The molecule has 0 bridgehead atoms. The Morgan fingerprint density at radius 2 is 1.57 bits per heavy atom. The minimum atomic E-state index is -1.14. The molecule has 1 aliphatic heterocycles. The topological polar surface area (TPSA) is 0 Å². The summed E-state index contributed by atoms with van der Waals surface area (Å²) < 4.78 is 1.14. The van der Waals surface area contributed by atoms with E-state index in [9.17, 15) is 0 Å². The van der Waals surface area contributed by atoms with Gasteiger partial charge in [-0.15, -0.1) is 0 Å². The van der Waals surface area contributed by atoms with E-state index in [1.54, 1.807) is 0 Å². The first-order valence-corrected chi connectivity index (χ1v) is 11.6. The lowest BCUT2D eigenvalue weighted by molar-refractivity contribution is -0.930. The highest BCUT2D eigenvalue weighted by Gasteiger charge is 2.45. The monoisotopic (exact) mass is 296 g/mol. The first kappa shape index (κ1) is 14.5. The van der Waals surface area contributed by atoms with Gasteiger partial charge in [0.05, 0.1) is 13.2 Å². The molecule has 2 heteroatoms. The smallest absolute Gasteiger partial charge is 0.141 e. The number of benzene rings is 2. The lowest BCUT2D eigenvalue weighted by Crippen LogP contribution is -2.52. The number of hydrogen-bond acceptors (Lipinski definition) is 0. The standard InChI is InChI=1S/C19H26NSi/c1-20(15-21(2,3)4)14-17-12-8-9-13-18(17)19(20)16-10-6-5-7-11-16/h5-13,19H,14-15H2,1-4H3/q+1/t19-,20+/m0/s1. The van der Waals surface area contributed by atoms with E-state index in [0.29, 0.717) is 6.04 Å². The highest BCUT2D eigenvalue weighted by Crippen LogP contribution is 2.43. The number of hydrogen-bond donors (Lipinski definition) is 0. The van der Waals surface area contributed by atoms with Crippen LogP contribution in [0.3, 0.4) is 0 Å². The average Bonchev–Trinajstić information content (AvgIpc) is 2.68. The number of fused-ring (bicyclic) bond motifs is 1. The molecule has 0 radical (unpaired) electrons. The van der Waals surface area contributed by atoms with Crippen LogP contribution in [0.25, 0.3) is 0 Å². The highest BCUT2D eigenvalue weighted by molar-refractivity contribution is 6.76. The third kappa shape index (κ3) is 2.83. The molecule has 1 heterocycles. The molecule has 0 aliphatic carbocycles. The first-order valence-electron chi connectivity index (χ1n) is 7.86. The summed E-state index contributed by atoms with van der Waals surface area (Å²) in [6, 6.07) is 20.6. The van der Waals surface area contributed by atoms with Gasteiger partial charge in [-0.05, 0) is 0 Å². The van der Waals surface area contributed by atoms with Gasteiger partial charge in [-0.1, -0.05) is 74.2 Å². The van der Waals surface area contributed by atoms with E-state index in [-0.39, 0.29) is 0 Å². The van der Waals surface area contributed by atoms with E-state index in [4.69, 9.17) is 0 Å². The van der Waals surface area contributed by atoms with Crippen LogP contribution < -0.4 is 0 Å². The van der Waals surface area contributed by atoms with E-state index in [0.717, 1.165) is 4.48 Å². The van der Waals surface area contributed by atoms with E-state index in [1.165, 1.54) is 29.4 Å². The molecule has 1 aliphatic rings. The molecule has 21 heavy (non-hydrogen) atoms. The molecule has 0 N–H and O–H groups in total. The zero-order valence-corrected chi connectivity index (χ0v) is 14.6. The SMILES string of the molecule is C[N@+]1(C[Si](C)(C)C)Cc2ccccc2[C@@H]1c1ccccc1. The van der Waals surface area contributed by atoms with Gasteiger partial charge in [-0.25, -0.2) is 0 Å². The van der Waals surface area contributed by atoms with Crippen LogP contribution in [0, 0.1) is 0 Å². The molecule has 1 nitrogen and oxygen atoms in total. The highest BCUT2D eigenvalue weighted by atomic mass is 28.3. The van der Waals surface area contributed by atoms with Crippen molar-refractivity contribution in [2.24, 2.45) is 0 Å². The molecule has 2 aromatic rings. The summed E-state index contributed by atoms with van der Waals surface area (Å²) in [4.78, 5) is 0. The fourth-order valence-electron chi connectivity index (χ4n) is 4.17. The molecule has 0 saturated carbocycles. The van der Waals surface area contributed by atoms with Crippen LogP contribution in [0.2, 0.25) is 19.6 Å². The molecule has 0 amide bonds. The maximum absolute atomic E-state index is 2.49. The summed E-state index contributed by atoms with van der Waals surface area (Å²) in [5.74, 6) is 0. The fraction of sp³-hybridized carbons (Fsp3) is 0.368. The van der Waals surface area contributed by atoms with Gasteiger partial charge in [-0.2, -0.15) is 0 Å². The van der Waals surface area contributed by atoms with Crippen molar-refractivity contribution in [1.29, 1.82) is 0 Å². The fourth-order valence-corrected chi connectivity index (χ4v) is 6.63. The quantitative estimate of drug-likeness (QED) is 0.573. The summed E-state index contributed by atoms with van der Waals surface area (Å²) >= 11 is 0. The number of quaternary nitrogens is 1. The first-order chi connectivity index (χ1) is 9.89. The van der Waals surface area contributed by atoms with E-state index in [2.05, 4.69) is 81.3 Å². The van der Waals surface area contributed by atoms with E-state index >= 15 is 0 Å². The molecule has 0 fully saturated rings. The minimum absolute atomic E-state index is 0.495. The van der Waals surface area contributed by atoms with Crippen LogP contribution in [0.4, 0.5) is 0 Å². The van der Waals surface area contributed by atoms with E-state index in [1.807, 2.05) is 0 Å². The predicted molar refractivity (Wildman–Crippen MR) is 92.8 cm³/mol. The van der Waals surface area contributed by atoms with Crippen molar-refractivity contribution in [3.63, 3.8) is 0 Å². The summed E-state index contributed by atoms with van der Waals surface area (Å²) in [7, 11) is 1.32. The third-order valence-electron chi connectivity index (χ3n) is 4.46. The van der Waals surface area contributed by atoms with Gasteiger partial charge in [0, 0.05) is 16.7 Å². The number of nitrogens with zero attached hydrogens (tertiary/aromatic N) is 1. The predicted octanol–water partition coefficient (Wildman–Crippen LogP) is 4.61. The summed E-state index contributed by atoms with van der Waals surface area (Å²) in [6.45, 7) is 8.63. The van der Waals surface area contributed by atoms with Gasteiger partial charge in [0.2, 0.25) is 0 Å². The van der Waals surface area contributed by atoms with Crippen LogP contribution in [-0.4, -0.2) is 25.8 Å². The Kier molecular flexibility index (Phi) is 3.54. The zero-order chi connectivity index (χ0) is 15.1. The lowest BCUT2D eigenvalue weighted by Gasteiger charge is -2.40. The molecular weight excluding hydrogens is 270 g/mol. The molecule has 0 spiro atoms. The van der Waals surface area contributed by atoms with Crippen molar-refractivity contribution in [3.05, 3.63) is 71.3 Å². The molecule has 0 aromatic heterocycles. The Balaban J connectivity index is 2.10. The van der Waals surface area contributed by atoms with Gasteiger partial charge in [0.1, 0.15) is 20.7 Å². The second-order valence-electron chi connectivity index (χ2n) is 7.87. The van der Waals surface area contributed by atoms with Gasteiger partial charge >= 0.3 is 0 Å². The van der Waals surface area contributed by atoms with Crippen LogP contribution in [0.5, 0.6) is 0 Å². The number of rotatable bonds is 3. The zero-order valence-electron chi connectivity index (χ0n) is 13.6. The van der Waals surface area contributed by atoms with Gasteiger partial charge < -0.3 is 4.48 Å². The lowest BCUT2D eigenvalue weighted by atomic mass is 9.97. The maximum atomic E-state index is 2.49.